The fourth-order valence-electron chi connectivity index (χ4n) is 1.47. The summed E-state index contributed by atoms with van der Waals surface area (Å²) in [5.74, 6) is -1.39. The van der Waals surface area contributed by atoms with Crippen LogP contribution in [0, 0.1) is 0 Å². The van der Waals surface area contributed by atoms with E-state index in [1.165, 1.54) is 24.3 Å². The van der Waals surface area contributed by atoms with Crippen LogP contribution in [0.5, 0.6) is 0 Å². The van der Waals surface area contributed by atoms with Gasteiger partial charge < -0.3 is 20.5 Å². The second kappa shape index (κ2) is 8.46. The third kappa shape index (κ3) is 5.28. The summed E-state index contributed by atoms with van der Waals surface area (Å²) in [4.78, 5) is 34.8. The predicted molar refractivity (Wildman–Crippen MR) is 82.1 cm³/mol. The van der Waals surface area contributed by atoms with Crippen molar-refractivity contribution in [2.45, 2.75) is 13.8 Å². The van der Waals surface area contributed by atoms with E-state index >= 15 is 0 Å². The summed E-state index contributed by atoms with van der Waals surface area (Å²) in [6, 6.07) is 5.61. The molecule has 0 aliphatic rings. The predicted octanol–water partition coefficient (Wildman–Crippen LogP) is 1.05. The standard InChI is InChI=1S/C15H18N2O5/c1-3-21-14(19)9-12(15(20)22-4-2)17-10-5-7-11(16)13(18)8-6-10/h5-9,17H,3-4H2,1-2H3,(H2,16,18). The molecule has 0 amide bonds. The molecule has 0 fully saturated rings. The first-order valence-corrected chi connectivity index (χ1v) is 6.70. The van der Waals surface area contributed by atoms with Crippen molar-refractivity contribution in [3.8, 4) is 0 Å². The lowest BCUT2D eigenvalue weighted by atomic mass is 10.3. The average molecular weight is 306 g/mol. The molecule has 7 heteroatoms. The number of nitrogen functional groups attached to an aromatic ring is 1. The Hall–Kier alpha value is -2.83. The summed E-state index contributed by atoms with van der Waals surface area (Å²) >= 11 is 0. The minimum atomic E-state index is -0.711. The van der Waals surface area contributed by atoms with E-state index in [0.29, 0.717) is 5.69 Å². The number of nitrogens with two attached hydrogens (primary N) is 1. The molecule has 118 valence electrons. The largest absolute Gasteiger partial charge is 0.463 e. The van der Waals surface area contributed by atoms with Gasteiger partial charge in [0.2, 0.25) is 5.43 Å². The van der Waals surface area contributed by atoms with Gasteiger partial charge in [0.05, 0.1) is 25.0 Å². The molecule has 0 heterocycles. The molecule has 22 heavy (non-hydrogen) atoms. The van der Waals surface area contributed by atoms with Gasteiger partial charge in [-0.25, -0.2) is 9.59 Å². The number of carbonyl (C=O) groups is 2. The number of ether oxygens (including phenoxy) is 2. The first kappa shape index (κ1) is 17.2. The van der Waals surface area contributed by atoms with Crippen LogP contribution in [-0.4, -0.2) is 25.2 Å². The van der Waals surface area contributed by atoms with Crippen LogP contribution in [0.25, 0.3) is 0 Å². The number of hydrogen-bond donors (Lipinski definition) is 2. The average Bonchev–Trinajstić information content (AvgIpc) is 2.62. The fraction of sp³-hybridized carbons (Fsp3) is 0.267. The van der Waals surface area contributed by atoms with Gasteiger partial charge in [-0.15, -0.1) is 0 Å². The molecule has 1 rings (SSSR count). The molecule has 0 aromatic heterocycles. The molecule has 0 unspecified atom stereocenters. The lowest BCUT2D eigenvalue weighted by molar-refractivity contribution is -0.140. The minimum absolute atomic E-state index is 0.0695. The summed E-state index contributed by atoms with van der Waals surface area (Å²) in [6.07, 6.45) is 0.996. The topological polar surface area (TPSA) is 108 Å². The van der Waals surface area contributed by atoms with Crippen LogP contribution < -0.4 is 16.5 Å². The molecular formula is C15H18N2O5. The van der Waals surface area contributed by atoms with Gasteiger partial charge in [0, 0.05) is 5.69 Å². The maximum Gasteiger partial charge on any atom is 0.355 e. The van der Waals surface area contributed by atoms with Crippen molar-refractivity contribution in [3.63, 3.8) is 0 Å². The molecule has 1 aromatic rings. The van der Waals surface area contributed by atoms with Crippen molar-refractivity contribution in [1.82, 2.24) is 0 Å². The Labute approximate surface area is 127 Å². The van der Waals surface area contributed by atoms with Gasteiger partial charge in [-0.2, -0.15) is 0 Å². The van der Waals surface area contributed by atoms with Crippen LogP contribution in [0.1, 0.15) is 13.8 Å². The Bertz CT molecular complexity index is 640. The molecular weight excluding hydrogens is 288 g/mol. The molecule has 7 nitrogen and oxygen atoms in total. The van der Waals surface area contributed by atoms with Gasteiger partial charge >= 0.3 is 11.9 Å². The summed E-state index contributed by atoms with van der Waals surface area (Å²) in [7, 11) is 0. The van der Waals surface area contributed by atoms with Crippen LogP contribution in [0.15, 0.2) is 40.8 Å². The van der Waals surface area contributed by atoms with Gasteiger partial charge in [0.25, 0.3) is 0 Å². The first-order chi connectivity index (χ1) is 10.5. The van der Waals surface area contributed by atoms with Crippen LogP contribution in [-0.2, 0) is 19.1 Å². The smallest absolute Gasteiger partial charge is 0.355 e. The van der Waals surface area contributed by atoms with Gasteiger partial charge in [-0.3, -0.25) is 4.79 Å². The molecule has 0 aliphatic heterocycles. The van der Waals surface area contributed by atoms with Gasteiger partial charge in [0.15, 0.2) is 0 Å². The highest BCUT2D eigenvalue weighted by atomic mass is 16.5. The molecule has 0 radical (unpaired) electrons. The van der Waals surface area contributed by atoms with Gasteiger partial charge in [-0.05, 0) is 38.1 Å². The molecule has 0 bridgehead atoms. The van der Waals surface area contributed by atoms with E-state index < -0.39 is 11.9 Å². The normalized spacial score (nSPS) is 10.7. The van der Waals surface area contributed by atoms with E-state index in [4.69, 9.17) is 15.2 Å². The van der Waals surface area contributed by atoms with Crippen molar-refractivity contribution in [3.05, 3.63) is 46.3 Å². The maximum absolute atomic E-state index is 11.9. The van der Waals surface area contributed by atoms with E-state index in [1.54, 1.807) is 13.8 Å². The van der Waals surface area contributed by atoms with E-state index in [-0.39, 0.29) is 30.0 Å². The number of esters is 2. The summed E-state index contributed by atoms with van der Waals surface area (Å²) in [6.45, 7) is 3.63. The van der Waals surface area contributed by atoms with E-state index in [1.807, 2.05) is 0 Å². The summed E-state index contributed by atoms with van der Waals surface area (Å²) < 4.78 is 9.62. The van der Waals surface area contributed by atoms with E-state index in [9.17, 15) is 14.4 Å². The Balaban J connectivity index is 3.08. The van der Waals surface area contributed by atoms with E-state index in [0.717, 1.165) is 6.08 Å². The molecule has 3 N–H and O–H groups in total. The van der Waals surface area contributed by atoms with Gasteiger partial charge in [0.1, 0.15) is 5.70 Å². The lowest BCUT2D eigenvalue weighted by Crippen LogP contribution is -2.17. The van der Waals surface area contributed by atoms with Crippen molar-refractivity contribution >= 4 is 23.3 Å². The molecule has 0 spiro atoms. The quantitative estimate of drug-likeness (QED) is 0.597. The highest BCUT2D eigenvalue weighted by Gasteiger charge is 2.13. The third-order valence-corrected chi connectivity index (χ3v) is 2.46. The van der Waals surface area contributed by atoms with Crippen molar-refractivity contribution in [2.75, 3.05) is 24.3 Å². The van der Waals surface area contributed by atoms with Crippen molar-refractivity contribution < 1.29 is 19.1 Å². The number of carbonyl (C=O) groups excluding carboxylic acids is 2. The second-order valence-electron chi connectivity index (χ2n) is 4.10. The van der Waals surface area contributed by atoms with Crippen LogP contribution in [0.4, 0.5) is 11.4 Å². The first-order valence-electron chi connectivity index (χ1n) is 6.70. The molecule has 0 aliphatic carbocycles. The lowest BCUT2D eigenvalue weighted by Gasteiger charge is -2.09. The molecule has 1 aromatic carbocycles. The summed E-state index contributed by atoms with van der Waals surface area (Å²) in [5, 5.41) is 2.72. The number of anilines is 2. The Morgan fingerprint density at radius 1 is 1.14 bits per heavy atom. The van der Waals surface area contributed by atoms with Crippen molar-refractivity contribution in [2.24, 2.45) is 0 Å². The fourth-order valence-corrected chi connectivity index (χ4v) is 1.47. The SMILES string of the molecule is CCOC(=O)C=C(Nc1ccc(N)c(=O)cc1)C(=O)OCC. The molecule has 0 atom stereocenters. The zero-order valence-electron chi connectivity index (χ0n) is 12.4. The second-order valence-corrected chi connectivity index (χ2v) is 4.10. The van der Waals surface area contributed by atoms with Crippen LogP contribution in [0.3, 0.4) is 0 Å². The monoisotopic (exact) mass is 306 g/mol. The molecule has 0 saturated heterocycles. The Morgan fingerprint density at radius 3 is 2.41 bits per heavy atom. The third-order valence-electron chi connectivity index (χ3n) is 2.46. The van der Waals surface area contributed by atoms with Crippen LogP contribution >= 0.6 is 0 Å². The number of hydrogen-bond acceptors (Lipinski definition) is 7. The zero-order chi connectivity index (χ0) is 16.5. The van der Waals surface area contributed by atoms with E-state index in [2.05, 4.69) is 5.32 Å². The Kier molecular flexibility index (Phi) is 6.62. The maximum atomic E-state index is 11.9. The number of nitrogens with one attached hydrogen (secondary N) is 1. The molecule has 0 saturated carbocycles. The Morgan fingerprint density at radius 2 is 1.77 bits per heavy atom. The number of rotatable bonds is 6. The zero-order valence-corrected chi connectivity index (χ0v) is 12.4. The highest BCUT2D eigenvalue weighted by Crippen LogP contribution is 2.10. The van der Waals surface area contributed by atoms with Gasteiger partial charge in [-0.1, -0.05) is 0 Å². The van der Waals surface area contributed by atoms with Crippen LogP contribution in [0.2, 0.25) is 0 Å². The highest BCUT2D eigenvalue weighted by molar-refractivity contribution is 5.98. The van der Waals surface area contributed by atoms with Crippen molar-refractivity contribution in [1.29, 1.82) is 0 Å². The minimum Gasteiger partial charge on any atom is -0.463 e. The summed E-state index contributed by atoms with van der Waals surface area (Å²) in [5.41, 5.74) is 5.53.